The van der Waals surface area contributed by atoms with Gasteiger partial charge in [0.2, 0.25) is 5.89 Å². The Kier molecular flexibility index (Phi) is 4.98. The summed E-state index contributed by atoms with van der Waals surface area (Å²) in [6.45, 7) is 10.2. The maximum Gasteiger partial charge on any atom is 0.410 e. The first kappa shape index (κ1) is 17.7. The zero-order chi connectivity index (χ0) is 17.3. The molecule has 1 amide bonds. The van der Waals surface area contributed by atoms with E-state index in [9.17, 15) is 9.90 Å². The molecule has 0 bridgehead atoms. The van der Waals surface area contributed by atoms with Crippen molar-refractivity contribution in [2.75, 3.05) is 13.1 Å². The minimum absolute atomic E-state index is 0.173. The second-order valence-electron chi connectivity index (χ2n) is 7.61. The van der Waals surface area contributed by atoms with Gasteiger partial charge in [0.15, 0.2) is 5.82 Å². The van der Waals surface area contributed by atoms with Crippen LogP contribution >= 0.6 is 0 Å². The van der Waals surface area contributed by atoms with Crippen LogP contribution in [-0.2, 0) is 11.2 Å². The molecule has 130 valence electrons. The molecule has 1 aromatic heterocycles. The monoisotopic (exact) mass is 325 g/mol. The number of carbonyl (C=O) groups excluding carboxylic acids is 1. The maximum absolute atomic E-state index is 12.2. The number of hydrogen-bond donors (Lipinski definition) is 1. The Hall–Kier alpha value is -1.63. The highest BCUT2D eigenvalue weighted by molar-refractivity contribution is 5.68. The number of likely N-dealkylation sites (tertiary alicyclic amines) is 1. The van der Waals surface area contributed by atoms with Gasteiger partial charge in [0.1, 0.15) is 5.60 Å². The SMILES string of the molecule is CC(C)c1noc(CC2(O)CCCN(C(=O)OC(C)(C)C)C2)n1. The number of aliphatic hydroxyl groups is 1. The van der Waals surface area contributed by atoms with Gasteiger partial charge >= 0.3 is 6.09 Å². The number of amides is 1. The third-order valence-corrected chi connectivity index (χ3v) is 3.69. The van der Waals surface area contributed by atoms with E-state index < -0.39 is 17.3 Å². The van der Waals surface area contributed by atoms with Gasteiger partial charge in [0, 0.05) is 12.5 Å². The summed E-state index contributed by atoms with van der Waals surface area (Å²) in [6.07, 6.45) is 1.14. The number of hydrogen-bond acceptors (Lipinski definition) is 6. The standard InChI is InChI=1S/C16H27N3O4/c1-11(2)13-17-12(23-18-13)9-16(21)7-6-8-19(10-16)14(20)22-15(3,4)5/h11,21H,6-10H2,1-5H3. The lowest BCUT2D eigenvalue weighted by atomic mass is 9.90. The number of ether oxygens (including phenoxy) is 1. The lowest BCUT2D eigenvalue weighted by molar-refractivity contribution is -0.0458. The number of nitrogens with zero attached hydrogens (tertiary/aromatic N) is 3. The highest BCUT2D eigenvalue weighted by atomic mass is 16.6. The Bertz CT molecular complexity index is 550. The zero-order valence-corrected chi connectivity index (χ0v) is 14.6. The number of piperidine rings is 1. The molecule has 23 heavy (non-hydrogen) atoms. The van der Waals surface area contributed by atoms with Crippen LogP contribution in [0.15, 0.2) is 4.52 Å². The lowest BCUT2D eigenvalue weighted by Crippen LogP contribution is -2.52. The summed E-state index contributed by atoms with van der Waals surface area (Å²) >= 11 is 0. The average Bonchev–Trinajstić information content (AvgIpc) is 2.84. The normalized spacial score (nSPS) is 22.5. The highest BCUT2D eigenvalue weighted by Crippen LogP contribution is 2.26. The highest BCUT2D eigenvalue weighted by Gasteiger charge is 2.38. The number of β-amino-alcohol motifs (C(OH)–C–C–N with tert-alkyl or cyclic N) is 1. The number of rotatable bonds is 3. The predicted octanol–water partition coefficient (Wildman–Crippen LogP) is 2.50. The Morgan fingerprint density at radius 3 is 2.74 bits per heavy atom. The van der Waals surface area contributed by atoms with Crippen LogP contribution in [0.3, 0.4) is 0 Å². The second-order valence-corrected chi connectivity index (χ2v) is 7.61. The molecular weight excluding hydrogens is 298 g/mol. The van der Waals surface area contributed by atoms with Crippen LogP contribution in [0.1, 0.15) is 65.1 Å². The summed E-state index contributed by atoms with van der Waals surface area (Å²) in [6, 6.07) is 0. The fraction of sp³-hybridized carbons (Fsp3) is 0.812. The molecule has 1 N–H and O–H groups in total. The fourth-order valence-electron chi connectivity index (χ4n) is 2.59. The summed E-state index contributed by atoms with van der Waals surface area (Å²) in [5, 5.41) is 14.7. The van der Waals surface area contributed by atoms with Gasteiger partial charge in [-0.2, -0.15) is 4.98 Å². The van der Waals surface area contributed by atoms with Gasteiger partial charge in [-0.25, -0.2) is 4.79 Å². The van der Waals surface area contributed by atoms with Crippen molar-refractivity contribution in [3.63, 3.8) is 0 Å². The van der Waals surface area contributed by atoms with Gasteiger partial charge in [-0.05, 0) is 33.6 Å². The summed E-state index contributed by atoms with van der Waals surface area (Å²) < 4.78 is 10.6. The van der Waals surface area contributed by atoms with Crippen LogP contribution < -0.4 is 0 Å². The Morgan fingerprint density at radius 1 is 1.48 bits per heavy atom. The third-order valence-electron chi connectivity index (χ3n) is 3.69. The van der Waals surface area contributed by atoms with E-state index in [0.717, 1.165) is 0 Å². The van der Waals surface area contributed by atoms with Gasteiger partial charge in [0.05, 0.1) is 18.6 Å². The Balaban J connectivity index is 2.01. The molecule has 1 aromatic rings. The number of carbonyl (C=O) groups is 1. The molecule has 0 aromatic carbocycles. The van der Waals surface area contributed by atoms with Gasteiger partial charge in [-0.3, -0.25) is 0 Å². The van der Waals surface area contributed by atoms with E-state index in [1.807, 2.05) is 34.6 Å². The quantitative estimate of drug-likeness (QED) is 0.918. The van der Waals surface area contributed by atoms with Crippen LogP contribution in [-0.4, -0.2) is 50.5 Å². The molecule has 1 fully saturated rings. The van der Waals surface area contributed by atoms with Crippen molar-refractivity contribution in [1.82, 2.24) is 15.0 Å². The molecule has 1 atom stereocenters. The number of aromatic nitrogens is 2. The van der Waals surface area contributed by atoms with Crippen molar-refractivity contribution in [1.29, 1.82) is 0 Å². The first-order chi connectivity index (χ1) is 10.6. The van der Waals surface area contributed by atoms with Crippen molar-refractivity contribution in [2.45, 2.75) is 71.0 Å². The first-order valence-corrected chi connectivity index (χ1v) is 8.11. The van der Waals surface area contributed by atoms with E-state index in [0.29, 0.717) is 31.1 Å². The van der Waals surface area contributed by atoms with E-state index in [4.69, 9.17) is 9.26 Å². The minimum Gasteiger partial charge on any atom is -0.444 e. The van der Waals surface area contributed by atoms with Gasteiger partial charge in [0.25, 0.3) is 0 Å². The van der Waals surface area contributed by atoms with Crippen molar-refractivity contribution < 1.29 is 19.2 Å². The molecule has 2 heterocycles. The molecule has 0 radical (unpaired) electrons. The molecule has 0 spiro atoms. The van der Waals surface area contributed by atoms with Gasteiger partial charge < -0.3 is 19.3 Å². The molecule has 1 aliphatic heterocycles. The lowest BCUT2D eigenvalue weighted by Gasteiger charge is -2.38. The third kappa shape index (κ3) is 4.92. The van der Waals surface area contributed by atoms with Gasteiger partial charge in [-0.1, -0.05) is 19.0 Å². The van der Waals surface area contributed by atoms with Crippen LogP contribution in [0.2, 0.25) is 0 Å². The average molecular weight is 325 g/mol. The molecule has 1 unspecified atom stereocenters. The molecule has 1 saturated heterocycles. The van der Waals surface area contributed by atoms with E-state index in [-0.39, 0.29) is 18.9 Å². The molecule has 7 nitrogen and oxygen atoms in total. The molecule has 0 saturated carbocycles. The Labute approximate surface area is 137 Å². The smallest absolute Gasteiger partial charge is 0.410 e. The van der Waals surface area contributed by atoms with Crippen molar-refractivity contribution in [2.24, 2.45) is 0 Å². The topological polar surface area (TPSA) is 88.7 Å². The fourth-order valence-corrected chi connectivity index (χ4v) is 2.59. The van der Waals surface area contributed by atoms with E-state index in [2.05, 4.69) is 10.1 Å². The molecule has 0 aliphatic carbocycles. The first-order valence-electron chi connectivity index (χ1n) is 8.11. The van der Waals surface area contributed by atoms with Crippen molar-refractivity contribution >= 4 is 6.09 Å². The predicted molar refractivity (Wildman–Crippen MR) is 84.1 cm³/mol. The largest absolute Gasteiger partial charge is 0.444 e. The summed E-state index contributed by atoms with van der Waals surface area (Å²) in [5.41, 5.74) is -1.61. The summed E-state index contributed by atoms with van der Waals surface area (Å²) in [7, 11) is 0. The minimum atomic E-state index is -1.06. The van der Waals surface area contributed by atoms with Gasteiger partial charge in [-0.15, -0.1) is 0 Å². The van der Waals surface area contributed by atoms with E-state index >= 15 is 0 Å². The molecule has 2 rings (SSSR count). The summed E-state index contributed by atoms with van der Waals surface area (Å²) in [4.78, 5) is 18.0. The van der Waals surface area contributed by atoms with E-state index in [1.54, 1.807) is 4.90 Å². The van der Waals surface area contributed by atoms with Crippen LogP contribution in [0.5, 0.6) is 0 Å². The van der Waals surface area contributed by atoms with E-state index in [1.165, 1.54) is 0 Å². The zero-order valence-electron chi connectivity index (χ0n) is 14.6. The summed E-state index contributed by atoms with van der Waals surface area (Å²) in [5.74, 6) is 1.21. The molecule has 7 heteroatoms. The second kappa shape index (κ2) is 6.47. The molecule has 1 aliphatic rings. The van der Waals surface area contributed by atoms with Crippen molar-refractivity contribution in [3.05, 3.63) is 11.7 Å². The molecular formula is C16H27N3O4. The maximum atomic E-state index is 12.2. The van der Waals surface area contributed by atoms with Crippen LogP contribution in [0.4, 0.5) is 4.79 Å². The van der Waals surface area contributed by atoms with Crippen LogP contribution in [0.25, 0.3) is 0 Å². The Morgan fingerprint density at radius 2 is 2.17 bits per heavy atom. The van der Waals surface area contributed by atoms with Crippen LogP contribution in [0, 0.1) is 0 Å². The van der Waals surface area contributed by atoms with Crippen molar-refractivity contribution in [3.8, 4) is 0 Å².